The van der Waals surface area contributed by atoms with Crippen molar-refractivity contribution in [3.05, 3.63) is 45.8 Å². The van der Waals surface area contributed by atoms with Crippen LogP contribution in [0.4, 0.5) is 0 Å². The molecule has 1 unspecified atom stereocenters. The third-order valence-electron chi connectivity index (χ3n) is 5.24. The zero-order valence-corrected chi connectivity index (χ0v) is 15.8. The zero-order valence-electron chi connectivity index (χ0n) is 15.0. The molecule has 1 aromatic carbocycles. The lowest BCUT2D eigenvalue weighted by molar-refractivity contribution is 0.497. The number of fused-ring (bicyclic) bond motifs is 1. The van der Waals surface area contributed by atoms with Crippen LogP contribution in [0.5, 0.6) is 0 Å². The number of aromatic nitrogens is 2. The van der Waals surface area contributed by atoms with Gasteiger partial charge < -0.3 is 0 Å². The molecule has 0 amide bonds. The van der Waals surface area contributed by atoms with Gasteiger partial charge in [0.2, 0.25) is 10.0 Å². The van der Waals surface area contributed by atoms with Crippen LogP contribution < -0.4 is 4.72 Å². The molecule has 1 aromatic heterocycles. The molecule has 0 saturated heterocycles. The van der Waals surface area contributed by atoms with Crippen LogP contribution in [0.25, 0.3) is 0 Å². The van der Waals surface area contributed by atoms with Gasteiger partial charge in [0.25, 0.3) is 0 Å². The van der Waals surface area contributed by atoms with E-state index in [2.05, 4.69) is 9.82 Å². The lowest BCUT2D eigenvalue weighted by Crippen LogP contribution is -2.32. The molecule has 1 atom stereocenters. The van der Waals surface area contributed by atoms with Gasteiger partial charge in [-0.15, -0.1) is 0 Å². The van der Waals surface area contributed by atoms with Crippen molar-refractivity contribution in [3.8, 4) is 0 Å². The molecule has 0 radical (unpaired) electrons. The number of hydrogen-bond acceptors (Lipinski definition) is 3. The molecule has 0 aliphatic heterocycles. The highest BCUT2D eigenvalue weighted by molar-refractivity contribution is 7.89. The van der Waals surface area contributed by atoms with Gasteiger partial charge in [-0.2, -0.15) is 5.10 Å². The summed E-state index contributed by atoms with van der Waals surface area (Å²) >= 11 is 0. The summed E-state index contributed by atoms with van der Waals surface area (Å²) in [7, 11) is -1.68. The maximum absolute atomic E-state index is 13.1. The molecule has 1 N–H and O–H groups in total. The Bertz CT molecular complexity index is 871. The van der Waals surface area contributed by atoms with E-state index >= 15 is 0 Å². The Morgan fingerprint density at radius 1 is 1.17 bits per heavy atom. The van der Waals surface area contributed by atoms with E-state index in [1.54, 1.807) is 6.20 Å². The molecule has 2 aromatic rings. The molecule has 5 nitrogen and oxygen atoms in total. The van der Waals surface area contributed by atoms with Crippen LogP contribution in [0.3, 0.4) is 0 Å². The van der Waals surface area contributed by atoms with E-state index < -0.39 is 10.0 Å². The Balaban J connectivity index is 2.03. The largest absolute Gasteiger partial charge is 0.272 e. The van der Waals surface area contributed by atoms with Crippen LogP contribution in [0, 0.1) is 27.7 Å². The van der Waals surface area contributed by atoms with Gasteiger partial charge in [0.05, 0.1) is 17.1 Å². The predicted molar refractivity (Wildman–Crippen MR) is 94.6 cm³/mol. The summed E-state index contributed by atoms with van der Waals surface area (Å²) in [5.41, 5.74) is 5.80. The number of rotatable bonds is 3. The smallest absolute Gasteiger partial charge is 0.241 e. The molecule has 0 saturated carbocycles. The highest BCUT2D eigenvalue weighted by Crippen LogP contribution is 2.32. The van der Waals surface area contributed by atoms with Gasteiger partial charge in [0.15, 0.2) is 0 Å². The molecule has 3 rings (SSSR count). The summed E-state index contributed by atoms with van der Waals surface area (Å²) in [6, 6.07) is 1.84. The normalized spacial score (nSPS) is 17.8. The lowest BCUT2D eigenvalue weighted by atomic mass is 9.94. The minimum Gasteiger partial charge on any atom is -0.272 e. The summed E-state index contributed by atoms with van der Waals surface area (Å²) in [6.07, 6.45) is 4.51. The topological polar surface area (TPSA) is 64.0 Å². The van der Waals surface area contributed by atoms with Crippen LogP contribution in [-0.4, -0.2) is 18.2 Å². The summed E-state index contributed by atoms with van der Waals surface area (Å²) in [6.45, 7) is 7.68. The average Bonchev–Trinajstić information content (AvgIpc) is 2.88. The average molecular weight is 347 g/mol. The van der Waals surface area contributed by atoms with E-state index in [1.165, 1.54) is 0 Å². The van der Waals surface area contributed by atoms with Crippen LogP contribution >= 0.6 is 0 Å². The molecule has 6 heteroatoms. The van der Waals surface area contributed by atoms with E-state index in [0.29, 0.717) is 4.90 Å². The quantitative estimate of drug-likeness (QED) is 0.928. The SMILES string of the molecule is Cc1cc(C)c(C)c(S(=O)(=O)NC2CCCc3c2cnn3C)c1C. The van der Waals surface area contributed by atoms with Gasteiger partial charge in [-0.25, -0.2) is 13.1 Å². The van der Waals surface area contributed by atoms with Crippen molar-refractivity contribution in [2.45, 2.75) is 57.9 Å². The highest BCUT2D eigenvalue weighted by atomic mass is 32.2. The van der Waals surface area contributed by atoms with E-state index in [4.69, 9.17) is 0 Å². The number of aryl methyl sites for hydroxylation is 3. The molecule has 24 heavy (non-hydrogen) atoms. The van der Waals surface area contributed by atoms with E-state index in [9.17, 15) is 8.42 Å². The Labute approximate surface area is 144 Å². The van der Waals surface area contributed by atoms with Crippen LogP contribution in [0.2, 0.25) is 0 Å². The third kappa shape index (κ3) is 2.78. The first-order valence-electron chi connectivity index (χ1n) is 8.33. The lowest BCUT2D eigenvalue weighted by Gasteiger charge is -2.25. The predicted octanol–water partition coefficient (Wildman–Crippen LogP) is 3.01. The molecule has 1 heterocycles. The minimum atomic E-state index is -3.59. The van der Waals surface area contributed by atoms with Crippen molar-refractivity contribution in [2.75, 3.05) is 0 Å². The summed E-state index contributed by atoms with van der Waals surface area (Å²) in [4.78, 5) is 0.427. The van der Waals surface area contributed by atoms with Crippen LogP contribution in [0.1, 0.15) is 52.4 Å². The maximum atomic E-state index is 13.1. The van der Waals surface area contributed by atoms with Gasteiger partial charge in [-0.1, -0.05) is 6.07 Å². The highest BCUT2D eigenvalue weighted by Gasteiger charge is 2.30. The molecule has 130 valence electrons. The monoisotopic (exact) mass is 347 g/mol. The van der Waals surface area contributed by atoms with Crippen molar-refractivity contribution >= 4 is 10.0 Å². The van der Waals surface area contributed by atoms with Crippen molar-refractivity contribution < 1.29 is 8.42 Å². The van der Waals surface area contributed by atoms with Crippen molar-refractivity contribution in [1.29, 1.82) is 0 Å². The van der Waals surface area contributed by atoms with E-state index in [-0.39, 0.29) is 6.04 Å². The number of sulfonamides is 1. The Morgan fingerprint density at radius 3 is 2.42 bits per heavy atom. The Morgan fingerprint density at radius 2 is 1.79 bits per heavy atom. The van der Waals surface area contributed by atoms with Gasteiger partial charge in [-0.05, 0) is 69.2 Å². The van der Waals surface area contributed by atoms with Gasteiger partial charge in [0, 0.05) is 18.3 Å². The molecular weight excluding hydrogens is 322 g/mol. The minimum absolute atomic E-state index is 0.202. The Hall–Kier alpha value is -1.66. The van der Waals surface area contributed by atoms with Crippen molar-refractivity contribution in [1.82, 2.24) is 14.5 Å². The molecule has 0 spiro atoms. The molecule has 0 fully saturated rings. The first-order chi connectivity index (χ1) is 11.2. The Kier molecular flexibility index (Phi) is 4.30. The first-order valence-corrected chi connectivity index (χ1v) is 9.81. The van der Waals surface area contributed by atoms with Crippen molar-refractivity contribution in [3.63, 3.8) is 0 Å². The molecular formula is C18H25N3O2S. The van der Waals surface area contributed by atoms with E-state index in [0.717, 1.165) is 52.8 Å². The fraction of sp³-hybridized carbons (Fsp3) is 0.500. The van der Waals surface area contributed by atoms with E-state index in [1.807, 2.05) is 45.5 Å². The second-order valence-electron chi connectivity index (χ2n) is 6.83. The first kappa shape index (κ1) is 17.2. The zero-order chi connectivity index (χ0) is 17.6. The second kappa shape index (κ2) is 6.01. The van der Waals surface area contributed by atoms with Gasteiger partial charge in [0.1, 0.15) is 0 Å². The molecule has 1 aliphatic rings. The summed E-state index contributed by atoms with van der Waals surface area (Å²) in [5, 5.41) is 4.30. The standard InChI is InChI=1S/C18H25N3O2S/c1-11-9-12(2)14(4)18(13(11)3)24(22,23)20-16-7-6-8-17-15(16)10-19-21(17)5/h9-10,16,20H,6-8H2,1-5H3. The fourth-order valence-corrected chi connectivity index (χ4v) is 5.52. The summed E-state index contributed by atoms with van der Waals surface area (Å²) < 4.78 is 31.0. The third-order valence-corrected chi connectivity index (χ3v) is 6.98. The second-order valence-corrected chi connectivity index (χ2v) is 8.48. The molecule has 0 bridgehead atoms. The van der Waals surface area contributed by atoms with Gasteiger partial charge in [-0.3, -0.25) is 4.68 Å². The van der Waals surface area contributed by atoms with Crippen LogP contribution in [-0.2, 0) is 23.5 Å². The van der Waals surface area contributed by atoms with Crippen LogP contribution in [0.15, 0.2) is 17.2 Å². The number of nitrogens with one attached hydrogen (secondary N) is 1. The summed E-state index contributed by atoms with van der Waals surface area (Å²) in [5.74, 6) is 0. The fourth-order valence-electron chi connectivity index (χ4n) is 3.66. The maximum Gasteiger partial charge on any atom is 0.241 e. The van der Waals surface area contributed by atoms with Gasteiger partial charge >= 0.3 is 0 Å². The molecule has 1 aliphatic carbocycles. The van der Waals surface area contributed by atoms with Crippen molar-refractivity contribution in [2.24, 2.45) is 7.05 Å². The number of hydrogen-bond donors (Lipinski definition) is 1. The number of benzene rings is 1. The number of nitrogens with zero attached hydrogens (tertiary/aromatic N) is 2.